The predicted octanol–water partition coefficient (Wildman–Crippen LogP) is 3.70. The number of rotatable bonds is 8. The maximum atomic E-state index is 9.56. The molecule has 1 fully saturated rings. The third kappa shape index (κ3) is 4.92. The molecular formula is C20H28N4O. The van der Waals surface area contributed by atoms with Gasteiger partial charge in [-0.2, -0.15) is 4.98 Å². The molecule has 1 aliphatic rings. The number of aryl methyl sites for hydroxylation is 1. The molecule has 0 radical (unpaired) electrons. The Bertz CT molecular complexity index is 695. The maximum Gasteiger partial charge on any atom is 0.225 e. The third-order valence-electron chi connectivity index (χ3n) is 4.65. The topological polar surface area (TPSA) is 70.1 Å². The number of hydrogen-bond donors (Lipinski definition) is 3. The van der Waals surface area contributed by atoms with E-state index in [0.29, 0.717) is 17.8 Å². The molecule has 1 atom stereocenters. The van der Waals surface area contributed by atoms with Crippen LogP contribution in [0, 0.1) is 12.8 Å². The maximum absolute atomic E-state index is 9.56. The Labute approximate surface area is 149 Å². The monoisotopic (exact) mass is 340 g/mol. The van der Waals surface area contributed by atoms with Gasteiger partial charge in [-0.1, -0.05) is 43.7 Å². The first-order valence-corrected chi connectivity index (χ1v) is 9.11. The lowest BCUT2D eigenvalue weighted by atomic mass is 10.1. The van der Waals surface area contributed by atoms with Crippen LogP contribution in [0.5, 0.6) is 0 Å². The van der Waals surface area contributed by atoms with Gasteiger partial charge in [0.25, 0.3) is 0 Å². The molecule has 0 aliphatic heterocycles. The van der Waals surface area contributed by atoms with Crippen molar-refractivity contribution in [3.05, 3.63) is 47.2 Å². The van der Waals surface area contributed by atoms with Gasteiger partial charge in [0, 0.05) is 18.5 Å². The molecule has 1 aliphatic carbocycles. The fourth-order valence-corrected chi connectivity index (χ4v) is 2.70. The number of aliphatic hydroxyl groups excluding tert-OH is 1. The van der Waals surface area contributed by atoms with Crippen LogP contribution in [-0.2, 0) is 6.54 Å². The zero-order chi connectivity index (χ0) is 17.8. The Morgan fingerprint density at radius 1 is 1.16 bits per heavy atom. The molecule has 1 heterocycles. The van der Waals surface area contributed by atoms with Crippen molar-refractivity contribution in [1.82, 2.24) is 9.97 Å². The lowest BCUT2D eigenvalue weighted by Gasteiger charge is -2.20. The summed E-state index contributed by atoms with van der Waals surface area (Å²) in [5.41, 5.74) is 3.57. The van der Waals surface area contributed by atoms with Crippen LogP contribution in [0.1, 0.15) is 49.4 Å². The lowest BCUT2D eigenvalue weighted by Crippen LogP contribution is -2.30. The average Bonchev–Trinajstić information content (AvgIpc) is 3.44. The smallest absolute Gasteiger partial charge is 0.225 e. The van der Waals surface area contributed by atoms with Crippen LogP contribution >= 0.6 is 0 Å². The molecule has 2 aromatic rings. The molecule has 1 aromatic heterocycles. The summed E-state index contributed by atoms with van der Waals surface area (Å²) in [6, 6.07) is 10.5. The van der Waals surface area contributed by atoms with E-state index in [0.717, 1.165) is 18.1 Å². The van der Waals surface area contributed by atoms with Gasteiger partial charge in [0.15, 0.2) is 0 Å². The summed E-state index contributed by atoms with van der Waals surface area (Å²) in [6.45, 7) is 7.05. The first kappa shape index (κ1) is 17.7. The van der Waals surface area contributed by atoms with Gasteiger partial charge in [0.1, 0.15) is 5.82 Å². The highest BCUT2D eigenvalue weighted by Crippen LogP contribution is 2.40. The molecule has 0 unspecified atom stereocenters. The second kappa shape index (κ2) is 7.83. The summed E-state index contributed by atoms with van der Waals surface area (Å²) < 4.78 is 0. The number of nitrogens with zero attached hydrogens (tertiary/aromatic N) is 2. The highest BCUT2D eigenvalue weighted by atomic mass is 16.3. The van der Waals surface area contributed by atoms with Crippen LogP contribution in [0.4, 0.5) is 11.8 Å². The molecule has 0 spiro atoms. The average molecular weight is 340 g/mol. The Balaban J connectivity index is 1.74. The van der Waals surface area contributed by atoms with Gasteiger partial charge in [-0.3, -0.25) is 0 Å². The molecule has 1 aromatic carbocycles. The predicted molar refractivity (Wildman–Crippen MR) is 102 cm³/mol. The van der Waals surface area contributed by atoms with Crippen molar-refractivity contribution < 1.29 is 5.11 Å². The molecule has 1 saturated carbocycles. The van der Waals surface area contributed by atoms with Gasteiger partial charge < -0.3 is 15.7 Å². The molecule has 25 heavy (non-hydrogen) atoms. The highest BCUT2D eigenvalue weighted by molar-refractivity contribution is 5.45. The number of aliphatic hydroxyl groups is 1. The second-order valence-electron chi connectivity index (χ2n) is 7.29. The van der Waals surface area contributed by atoms with Crippen molar-refractivity contribution in [2.45, 2.75) is 52.1 Å². The van der Waals surface area contributed by atoms with Gasteiger partial charge >= 0.3 is 0 Å². The van der Waals surface area contributed by atoms with Crippen molar-refractivity contribution >= 4 is 11.8 Å². The van der Waals surface area contributed by atoms with Crippen molar-refractivity contribution in [2.24, 2.45) is 5.92 Å². The number of anilines is 2. The van der Waals surface area contributed by atoms with E-state index in [1.165, 1.54) is 24.0 Å². The first-order valence-electron chi connectivity index (χ1n) is 9.11. The van der Waals surface area contributed by atoms with Crippen LogP contribution < -0.4 is 10.6 Å². The van der Waals surface area contributed by atoms with Crippen LogP contribution in [0.3, 0.4) is 0 Å². The summed E-state index contributed by atoms with van der Waals surface area (Å²) in [7, 11) is 0. The summed E-state index contributed by atoms with van der Waals surface area (Å²) >= 11 is 0. The standard InChI is InChI=1S/C20H28N4O/c1-13(2)18(12-25)23-20-22-17(16-8-9-16)10-19(24-20)21-11-15-6-4-14(3)5-7-15/h4-7,10,13,16,18,25H,8-9,11-12H2,1-3H3,(H2,21,22,23,24)/t18-/m0/s1. The van der Waals surface area contributed by atoms with Crippen LogP contribution in [0.2, 0.25) is 0 Å². The molecule has 134 valence electrons. The fraction of sp³-hybridized carbons (Fsp3) is 0.500. The molecule has 5 heteroatoms. The lowest BCUT2D eigenvalue weighted by molar-refractivity contribution is 0.248. The number of benzene rings is 1. The van der Waals surface area contributed by atoms with E-state index >= 15 is 0 Å². The number of nitrogens with one attached hydrogen (secondary N) is 2. The van der Waals surface area contributed by atoms with Crippen LogP contribution in [0.25, 0.3) is 0 Å². The highest BCUT2D eigenvalue weighted by Gasteiger charge is 2.26. The SMILES string of the molecule is Cc1ccc(CNc2cc(C3CC3)nc(N[C@@H](CO)C(C)C)n2)cc1. The minimum Gasteiger partial charge on any atom is -0.394 e. The van der Waals surface area contributed by atoms with E-state index in [2.05, 4.69) is 71.7 Å². The van der Waals surface area contributed by atoms with E-state index in [-0.39, 0.29) is 12.6 Å². The second-order valence-corrected chi connectivity index (χ2v) is 7.29. The minimum absolute atomic E-state index is 0.0422. The van der Waals surface area contributed by atoms with Gasteiger partial charge in [0.05, 0.1) is 18.3 Å². The molecule has 3 N–H and O–H groups in total. The van der Waals surface area contributed by atoms with Crippen molar-refractivity contribution in [3.63, 3.8) is 0 Å². The van der Waals surface area contributed by atoms with E-state index < -0.39 is 0 Å². The van der Waals surface area contributed by atoms with E-state index in [1.54, 1.807) is 0 Å². The van der Waals surface area contributed by atoms with Crippen molar-refractivity contribution in [3.8, 4) is 0 Å². The van der Waals surface area contributed by atoms with E-state index in [4.69, 9.17) is 0 Å². The van der Waals surface area contributed by atoms with Crippen molar-refractivity contribution in [1.29, 1.82) is 0 Å². The molecule has 0 bridgehead atoms. The third-order valence-corrected chi connectivity index (χ3v) is 4.65. The summed E-state index contributed by atoms with van der Waals surface area (Å²) in [6.07, 6.45) is 2.39. The Kier molecular flexibility index (Phi) is 5.53. The molecular weight excluding hydrogens is 312 g/mol. The quantitative estimate of drug-likeness (QED) is 0.683. The van der Waals surface area contributed by atoms with Gasteiger partial charge in [-0.05, 0) is 31.2 Å². The van der Waals surface area contributed by atoms with Gasteiger partial charge in [-0.15, -0.1) is 0 Å². The van der Waals surface area contributed by atoms with Crippen LogP contribution in [-0.4, -0.2) is 27.7 Å². The summed E-state index contributed by atoms with van der Waals surface area (Å²) in [4.78, 5) is 9.26. The summed E-state index contributed by atoms with van der Waals surface area (Å²) in [5, 5.41) is 16.3. The molecule has 0 amide bonds. The number of hydrogen-bond acceptors (Lipinski definition) is 5. The number of aromatic nitrogens is 2. The fourth-order valence-electron chi connectivity index (χ4n) is 2.70. The van der Waals surface area contributed by atoms with Crippen LogP contribution in [0.15, 0.2) is 30.3 Å². The van der Waals surface area contributed by atoms with E-state index in [9.17, 15) is 5.11 Å². The van der Waals surface area contributed by atoms with E-state index in [1.807, 2.05) is 0 Å². The Hall–Kier alpha value is -2.14. The largest absolute Gasteiger partial charge is 0.394 e. The zero-order valence-corrected chi connectivity index (χ0v) is 15.3. The Morgan fingerprint density at radius 2 is 1.88 bits per heavy atom. The van der Waals surface area contributed by atoms with Gasteiger partial charge in [0.2, 0.25) is 5.95 Å². The van der Waals surface area contributed by atoms with Crippen molar-refractivity contribution in [2.75, 3.05) is 17.2 Å². The zero-order valence-electron chi connectivity index (χ0n) is 15.3. The van der Waals surface area contributed by atoms with Gasteiger partial charge in [-0.25, -0.2) is 4.98 Å². The minimum atomic E-state index is -0.0422. The normalized spacial score (nSPS) is 15.2. The molecule has 0 saturated heterocycles. The Morgan fingerprint density at radius 3 is 2.48 bits per heavy atom. The molecule has 5 nitrogen and oxygen atoms in total. The summed E-state index contributed by atoms with van der Waals surface area (Å²) in [5.74, 6) is 2.29. The molecule has 3 rings (SSSR count). The first-order chi connectivity index (χ1) is 12.0.